The van der Waals surface area contributed by atoms with Crippen molar-refractivity contribution in [3.05, 3.63) is 29.6 Å². The Balaban J connectivity index is 2.92. The first-order valence-electron chi connectivity index (χ1n) is 5.02. The van der Waals surface area contributed by atoms with Crippen LogP contribution in [0, 0.1) is 0 Å². The number of nitrogens with two attached hydrogens (primary N) is 1. The molecule has 2 N–H and O–H groups in total. The number of aromatic nitrogens is 1. The van der Waals surface area contributed by atoms with Crippen LogP contribution in [0.4, 0.5) is 26.3 Å². The largest absolute Gasteiger partial charge is 0.423 e. The molecule has 1 rings (SSSR count). The highest BCUT2D eigenvalue weighted by Crippen LogP contribution is 2.36. The fourth-order valence-corrected chi connectivity index (χ4v) is 1.51. The lowest BCUT2D eigenvalue weighted by Crippen LogP contribution is -2.44. The Kier molecular flexibility index (Phi) is 4.92. The summed E-state index contributed by atoms with van der Waals surface area (Å²) in [5, 5.41) is 0. The smallest absolute Gasteiger partial charge is 0.388 e. The number of pyridine rings is 1. The highest BCUT2D eigenvalue weighted by Gasteiger charge is 2.58. The average Bonchev–Trinajstić information content (AvgIpc) is 2.25. The van der Waals surface area contributed by atoms with Crippen LogP contribution >= 0.6 is 12.2 Å². The summed E-state index contributed by atoms with van der Waals surface area (Å²) in [4.78, 5) is 3.42. The van der Waals surface area contributed by atoms with Gasteiger partial charge in [-0.3, -0.25) is 4.98 Å². The molecule has 0 spiro atoms. The van der Waals surface area contributed by atoms with Gasteiger partial charge in [0.15, 0.2) is 0 Å². The molecule has 1 aromatic heterocycles. The topological polar surface area (TPSA) is 48.1 Å². The highest BCUT2D eigenvalue weighted by molar-refractivity contribution is 7.80. The van der Waals surface area contributed by atoms with E-state index in [-0.39, 0.29) is 16.2 Å². The quantitative estimate of drug-likeness (QED) is 0.685. The van der Waals surface area contributed by atoms with E-state index in [1.165, 1.54) is 18.3 Å². The third-order valence-corrected chi connectivity index (χ3v) is 2.32. The second-order valence-corrected chi connectivity index (χ2v) is 4.09. The zero-order chi connectivity index (χ0) is 15.6. The van der Waals surface area contributed by atoms with E-state index in [1.54, 1.807) is 0 Å². The van der Waals surface area contributed by atoms with Gasteiger partial charge in [-0.2, -0.15) is 26.3 Å². The molecule has 0 aromatic carbocycles. The molecule has 0 radical (unpaired) electrons. The van der Waals surface area contributed by atoms with Crippen LogP contribution in [0.5, 0.6) is 0 Å². The number of rotatable bonds is 4. The summed E-state index contributed by atoms with van der Waals surface area (Å²) in [5.74, 6) is 0. The molecule has 112 valence electrons. The summed E-state index contributed by atoms with van der Waals surface area (Å²) < 4.78 is 77.5. The van der Waals surface area contributed by atoms with Crippen molar-refractivity contribution in [1.29, 1.82) is 0 Å². The molecule has 1 aromatic rings. The van der Waals surface area contributed by atoms with E-state index in [1.807, 2.05) is 0 Å². The van der Waals surface area contributed by atoms with Gasteiger partial charge >= 0.3 is 12.4 Å². The van der Waals surface area contributed by atoms with Gasteiger partial charge in [-0.1, -0.05) is 18.3 Å². The van der Waals surface area contributed by atoms with Crippen molar-refractivity contribution >= 4 is 17.2 Å². The predicted octanol–water partition coefficient (Wildman–Crippen LogP) is 2.73. The lowest BCUT2D eigenvalue weighted by Gasteiger charge is -2.23. The zero-order valence-electron chi connectivity index (χ0n) is 9.63. The van der Waals surface area contributed by atoms with Crippen LogP contribution in [0.2, 0.25) is 0 Å². The van der Waals surface area contributed by atoms with E-state index in [9.17, 15) is 26.3 Å². The van der Waals surface area contributed by atoms with E-state index in [4.69, 9.17) is 5.73 Å². The van der Waals surface area contributed by atoms with Gasteiger partial charge < -0.3 is 10.5 Å². The normalized spacial score (nSPS) is 12.8. The highest BCUT2D eigenvalue weighted by atomic mass is 32.1. The summed E-state index contributed by atoms with van der Waals surface area (Å²) in [6.45, 7) is -0.968. The monoisotopic (exact) mass is 318 g/mol. The predicted molar refractivity (Wildman–Crippen MR) is 60.8 cm³/mol. The van der Waals surface area contributed by atoms with Crippen molar-refractivity contribution in [2.45, 2.75) is 25.1 Å². The third kappa shape index (κ3) is 4.30. The molecular formula is C10H8F6N2OS. The van der Waals surface area contributed by atoms with Gasteiger partial charge in [0.1, 0.15) is 10.7 Å². The standard InChI is InChI=1S/C10H8F6N2OS/c11-9(12,13)8(10(14,15)16)19-4-5-2-1-3-18-6(5)7(17)20/h1-3,8H,4H2,(H2,17,20). The van der Waals surface area contributed by atoms with Crippen molar-refractivity contribution in [2.75, 3.05) is 0 Å². The summed E-state index contributed by atoms with van der Waals surface area (Å²) >= 11 is 4.59. The minimum atomic E-state index is -5.57. The number of thiocarbonyl (C=S) groups is 1. The van der Waals surface area contributed by atoms with E-state index < -0.39 is 25.1 Å². The van der Waals surface area contributed by atoms with Crippen LogP contribution in [-0.2, 0) is 11.3 Å². The molecule has 0 saturated heterocycles. The van der Waals surface area contributed by atoms with Gasteiger partial charge in [0.05, 0.1) is 6.61 Å². The number of hydrogen-bond acceptors (Lipinski definition) is 3. The number of alkyl halides is 6. The first-order chi connectivity index (χ1) is 9.03. The van der Waals surface area contributed by atoms with Gasteiger partial charge in [0.2, 0.25) is 6.10 Å². The number of ether oxygens (including phenoxy) is 1. The Labute approximate surface area is 114 Å². The molecule has 0 atom stereocenters. The van der Waals surface area contributed by atoms with Crippen molar-refractivity contribution in [3.8, 4) is 0 Å². The SMILES string of the molecule is NC(=S)c1ncccc1COC(C(F)(F)F)C(F)(F)F. The third-order valence-electron chi connectivity index (χ3n) is 2.12. The Hall–Kier alpha value is -1.42. The molecule has 0 aliphatic heterocycles. The zero-order valence-corrected chi connectivity index (χ0v) is 10.4. The van der Waals surface area contributed by atoms with Crippen molar-refractivity contribution in [3.63, 3.8) is 0 Å². The van der Waals surface area contributed by atoms with Gasteiger partial charge in [-0.25, -0.2) is 0 Å². The van der Waals surface area contributed by atoms with Crippen LogP contribution in [0.25, 0.3) is 0 Å². The molecule has 1 heterocycles. The summed E-state index contributed by atoms with van der Waals surface area (Å²) in [6, 6.07) is 2.54. The number of hydrogen-bond donors (Lipinski definition) is 1. The maximum absolute atomic E-state index is 12.3. The number of halogens is 6. The van der Waals surface area contributed by atoms with Gasteiger partial charge in [0, 0.05) is 11.8 Å². The fraction of sp³-hybridized carbons (Fsp3) is 0.400. The summed E-state index contributed by atoms with van der Waals surface area (Å²) in [5.41, 5.74) is 5.13. The van der Waals surface area contributed by atoms with Gasteiger partial charge in [-0.05, 0) is 6.07 Å². The molecule has 0 aliphatic rings. The first-order valence-corrected chi connectivity index (χ1v) is 5.43. The Morgan fingerprint density at radius 2 is 1.80 bits per heavy atom. The second kappa shape index (κ2) is 5.92. The van der Waals surface area contributed by atoms with Crippen molar-refractivity contribution in [1.82, 2.24) is 4.98 Å². The lowest BCUT2D eigenvalue weighted by molar-refractivity contribution is -0.324. The molecule has 0 aliphatic carbocycles. The number of nitrogens with zero attached hydrogens (tertiary/aromatic N) is 1. The van der Waals surface area contributed by atoms with Crippen molar-refractivity contribution < 1.29 is 31.1 Å². The van der Waals surface area contributed by atoms with Crippen LogP contribution in [0.1, 0.15) is 11.3 Å². The summed E-state index contributed by atoms with van der Waals surface area (Å²) in [7, 11) is 0. The lowest BCUT2D eigenvalue weighted by atomic mass is 10.2. The average molecular weight is 318 g/mol. The minimum Gasteiger partial charge on any atom is -0.388 e. The second-order valence-electron chi connectivity index (χ2n) is 3.65. The fourth-order valence-electron chi connectivity index (χ4n) is 1.32. The van der Waals surface area contributed by atoms with E-state index >= 15 is 0 Å². The first kappa shape index (κ1) is 16.6. The molecule has 20 heavy (non-hydrogen) atoms. The molecule has 10 heteroatoms. The van der Waals surface area contributed by atoms with Crippen LogP contribution in [0.3, 0.4) is 0 Å². The Bertz CT molecular complexity index is 473. The van der Waals surface area contributed by atoms with E-state index in [2.05, 4.69) is 21.9 Å². The molecular weight excluding hydrogens is 310 g/mol. The Morgan fingerprint density at radius 3 is 2.25 bits per heavy atom. The van der Waals surface area contributed by atoms with Gasteiger partial charge in [0.25, 0.3) is 0 Å². The van der Waals surface area contributed by atoms with E-state index in [0.29, 0.717) is 0 Å². The van der Waals surface area contributed by atoms with E-state index in [0.717, 1.165) is 0 Å². The van der Waals surface area contributed by atoms with Gasteiger partial charge in [-0.15, -0.1) is 0 Å². The maximum Gasteiger partial charge on any atom is 0.423 e. The molecule has 3 nitrogen and oxygen atoms in total. The summed E-state index contributed by atoms with van der Waals surface area (Å²) in [6.07, 6.45) is -13.8. The maximum atomic E-state index is 12.3. The molecule has 0 unspecified atom stereocenters. The molecule has 0 amide bonds. The van der Waals surface area contributed by atoms with Crippen LogP contribution in [0.15, 0.2) is 18.3 Å². The Morgan fingerprint density at radius 1 is 1.25 bits per heavy atom. The van der Waals surface area contributed by atoms with Crippen LogP contribution < -0.4 is 5.73 Å². The molecule has 0 bridgehead atoms. The molecule has 0 saturated carbocycles. The van der Waals surface area contributed by atoms with Crippen molar-refractivity contribution in [2.24, 2.45) is 5.73 Å². The molecule has 0 fully saturated rings. The minimum absolute atomic E-state index is 0.0569. The van der Waals surface area contributed by atoms with Crippen LogP contribution in [-0.4, -0.2) is 28.4 Å².